The first-order chi connectivity index (χ1) is 9.36. The third-order valence-electron chi connectivity index (χ3n) is 2.63. The molecule has 0 fully saturated rings. The molecule has 2 amide bonds. The Morgan fingerprint density at radius 1 is 1.50 bits per heavy atom. The molecule has 1 aromatic carbocycles. The van der Waals surface area contributed by atoms with Crippen LogP contribution >= 0.6 is 11.6 Å². The molecule has 1 aromatic rings. The van der Waals surface area contributed by atoms with Crippen molar-refractivity contribution in [2.24, 2.45) is 5.73 Å². The van der Waals surface area contributed by atoms with Crippen LogP contribution in [0.2, 0.25) is 5.02 Å². The van der Waals surface area contributed by atoms with E-state index in [1.807, 2.05) is 0 Å². The number of benzene rings is 1. The number of amides is 2. The van der Waals surface area contributed by atoms with Crippen LogP contribution in [0.15, 0.2) is 30.9 Å². The number of anilines is 1. The lowest BCUT2D eigenvalue weighted by Gasteiger charge is -2.16. The van der Waals surface area contributed by atoms with Gasteiger partial charge in [-0.15, -0.1) is 6.58 Å². The number of nitrogens with one attached hydrogen (secondary N) is 1. The molecule has 0 saturated heterocycles. The molecular weight excluding hydrogens is 278 g/mol. The fraction of sp³-hybridized carbons (Fsp3) is 0.286. The minimum absolute atomic E-state index is 0.228. The van der Waals surface area contributed by atoms with E-state index in [9.17, 15) is 9.59 Å². The van der Waals surface area contributed by atoms with Crippen molar-refractivity contribution in [3.05, 3.63) is 41.4 Å². The van der Waals surface area contributed by atoms with E-state index in [2.05, 4.69) is 11.9 Å². The molecule has 0 saturated carbocycles. The van der Waals surface area contributed by atoms with Crippen molar-refractivity contribution in [2.45, 2.75) is 12.5 Å². The number of rotatable bonds is 5. The summed E-state index contributed by atoms with van der Waals surface area (Å²) in [7, 11) is 3.26. The van der Waals surface area contributed by atoms with E-state index in [4.69, 9.17) is 17.3 Å². The smallest absolute Gasteiger partial charge is 0.255 e. The number of hydrogen-bond acceptors (Lipinski definition) is 3. The van der Waals surface area contributed by atoms with Gasteiger partial charge in [0.05, 0.1) is 17.3 Å². The Morgan fingerprint density at radius 3 is 2.70 bits per heavy atom. The lowest BCUT2D eigenvalue weighted by atomic mass is 10.1. The summed E-state index contributed by atoms with van der Waals surface area (Å²) in [5.74, 6) is -0.616. The number of nitrogens with zero attached hydrogens (tertiary/aromatic N) is 1. The monoisotopic (exact) mass is 295 g/mol. The molecule has 0 aliphatic heterocycles. The Hall–Kier alpha value is -1.85. The summed E-state index contributed by atoms with van der Waals surface area (Å²) >= 11 is 5.90. The van der Waals surface area contributed by atoms with Gasteiger partial charge in [-0.25, -0.2) is 0 Å². The number of nitrogens with two attached hydrogens (primary N) is 1. The van der Waals surface area contributed by atoms with Crippen LogP contribution in [0.5, 0.6) is 0 Å². The molecule has 3 N–H and O–H groups in total. The molecule has 5 nitrogen and oxygen atoms in total. The van der Waals surface area contributed by atoms with Crippen LogP contribution in [0.4, 0.5) is 5.69 Å². The van der Waals surface area contributed by atoms with E-state index in [1.165, 1.54) is 11.0 Å². The first kappa shape index (κ1) is 16.2. The molecule has 0 aromatic heterocycles. The quantitative estimate of drug-likeness (QED) is 0.815. The van der Waals surface area contributed by atoms with E-state index >= 15 is 0 Å². The second-order valence-corrected chi connectivity index (χ2v) is 4.95. The first-order valence-corrected chi connectivity index (χ1v) is 6.43. The molecule has 0 spiro atoms. The standard InChI is InChI=1S/C14H18ClN3O2/c1-4-5-11(16)13(19)17-12-8-9(15)6-7-10(12)14(20)18(2)3/h4,6-8,11H,1,5,16H2,2-3H3,(H,17,19). The van der Waals surface area contributed by atoms with Gasteiger partial charge >= 0.3 is 0 Å². The average Bonchev–Trinajstić information content (AvgIpc) is 2.38. The van der Waals surface area contributed by atoms with Crippen LogP contribution in [-0.4, -0.2) is 36.9 Å². The molecule has 0 heterocycles. The summed E-state index contributed by atoms with van der Waals surface area (Å²) in [5.41, 5.74) is 6.40. The Bertz CT molecular complexity index is 529. The topological polar surface area (TPSA) is 75.4 Å². The largest absolute Gasteiger partial charge is 0.345 e. The van der Waals surface area contributed by atoms with E-state index in [-0.39, 0.29) is 11.8 Å². The Balaban J connectivity index is 3.04. The van der Waals surface area contributed by atoms with Gasteiger partial charge in [-0.05, 0) is 24.6 Å². The van der Waals surface area contributed by atoms with Gasteiger partial charge in [0.25, 0.3) is 5.91 Å². The summed E-state index contributed by atoms with van der Waals surface area (Å²) in [6, 6.07) is 3.97. The van der Waals surface area contributed by atoms with Crippen molar-refractivity contribution in [1.82, 2.24) is 4.90 Å². The second kappa shape index (κ2) is 7.07. The molecule has 1 atom stereocenters. The van der Waals surface area contributed by atoms with Gasteiger partial charge in [-0.3, -0.25) is 9.59 Å². The molecule has 1 unspecified atom stereocenters. The highest BCUT2D eigenvalue weighted by atomic mass is 35.5. The number of carbonyl (C=O) groups excluding carboxylic acids is 2. The molecule has 0 radical (unpaired) electrons. The van der Waals surface area contributed by atoms with E-state index in [0.29, 0.717) is 22.7 Å². The van der Waals surface area contributed by atoms with Crippen LogP contribution in [0.25, 0.3) is 0 Å². The second-order valence-electron chi connectivity index (χ2n) is 4.51. The molecule has 0 bridgehead atoms. The molecule has 6 heteroatoms. The molecule has 1 rings (SSSR count). The normalized spacial score (nSPS) is 11.6. The maximum Gasteiger partial charge on any atom is 0.255 e. The van der Waals surface area contributed by atoms with E-state index < -0.39 is 6.04 Å². The van der Waals surface area contributed by atoms with Gasteiger partial charge in [0.2, 0.25) is 5.91 Å². The SMILES string of the molecule is C=CCC(N)C(=O)Nc1cc(Cl)ccc1C(=O)N(C)C. The Labute approximate surface area is 123 Å². The zero-order chi connectivity index (χ0) is 15.3. The van der Waals surface area contributed by atoms with E-state index in [0.717, 1.165) is 0 Å². The van der Waals surface area contributed by atoms with E-state index in [1.54, 1.807) is 32.3 Å². The lowest BCUT2D eigenvalue weighted by molar-refractivity contribution is -0.117. The molecule has 20 heavy (non-hydrogen) atoms. The predicted octanol–water partition coefficient (Wildman–Crippen LogP) is 1.88. The van der Waals surface area contributed by atoms with Crippen LogP contribution in [0.3, 0.4) is 0 Å². The van der Waals surface area contributed by atoms with Gasteiger partial charge in [0.1, 0.15) is 0 Å². The summed E-state index contributed by atoms with van der Waals surface area (Å²) < 4.78 is 0. The van der Waals surface area contributed by atoms with Gasteiger partial charge in [0.15, 0.2) is 0 Å². The van der Waals surface area contributed by atoms with Crippen LogP contribution in [-0.2, 0) is 4.79 Å². The van der Waals surface area contributed by atoms with Crippen LogP contribution < -0.4 is 11.1 Å². The summed E-state index contributed by atoms with van der Waals surface area (Å²) in [6.45, 7) is 3.53. The minimum Gasteiger partial charge on any atom is -0.345 e. The lowest BCUT2D eigenvalue weighted by Crippen LogP contribution is -2.35. The van der Waals surface area contributed by atoms with Gasteiger partial charge in [-0.2, -0.15) is 0 Å². The molecule has 108 valence electrons. The van der Waals surface area contributed by atoms with Crippen LogP contribution in [0, 0.1) is 0 Å². The minimum atomic E-state index is -0.714. The van der Waals surface area contributed by atoms with Gasteiger partial charge < -0.3 is 16.0 Å². The average molecular weight is 296 g/mol. The third-order valence-corrected chi connectivity index (χ3v) is 2.87. The number of carbonyl (C=O) groups is 2. The zero-order valence-corrected chi connectivity index (χ0v) is 12.3. The van der Waals surface area contributed by atoms with Crippen molar-refractivity contribution in [2.75, 3.05) is 19.4 Å². The van der Waals surface area contributed by atoms with Crippen molar-refractivity contribution < 1.29 is 9.59 Å². The van der Waals surface area contributed by atoms with Crippen LogP contribution in [0.1, 0.15) is 16.8 Å². The summed E-state index contributed by atoms with van der Waals surface area (Å²) in [4.78, 5) is 25.4. The zero-order valence-electron chi connectivity index (χ0n) is 11.5. The van der Waals surface area contributed by atoms with Gasteiger partial charge in [-0.1, -0.05) is 17.7 Å². The third kappa shape index (κ3) is 4.08. The first-order valence-electron chi connectivity index (χ1n) is 6.05. The van der Waals surface area contributed by atoms with Crippen molar-refractivity contribution in [3.8, 4) is 0 Å². The fourth-order valence-electron chi connectivity index (χ4n) is 1.56. The van der Waals surface area contributed by atoms with Crippen molar-refractivity contribution >= 4 is 29.1 Å². The maximum atomic E-state index is 12.0. The number of halogens is 1. The fourth-order valence-corrected chi connectivity index (χ4v) is 1.73. The van der Waals surface area contributed by atoms with Gasteiger partial charge in [0, 0.05) is 19.1 Å². The highest BCUT2D eigenvalue weighted by Gasteiger charge is 2.18. The van der Waals surface area contributed by atoms with Crippen molar-refractivity contribution in [1.29, 1.82) is 0 Å². The maximum absolute atomic E-state index is 12.0. The Morgan fingerprint density at radius 2 is 2.15 bits per heavy atom. The predicted molar refractivity (Wildman–Crippen MR) is 80.9 cm³/mol. The molecule has 0 aliphatic rings. The molecule has 0 aliphatic carbocycles. The highest BCUT2D eigenvalue weighted by Crippen LogP contribution is 2.22. The highest BCUT2D eigenvalue weighted by molar-refractivity contribution is 6.31. The molecular formula is C14H18ClN3O2. The number of hydrogen-bond donors (Lipinski definition) is 2. The summed E-state index contributed by atoms with van der Waals surface area (Å²) in [5, 5.41) is 3.05. The summed E-state index contributed by atoms with van der Waals surface area (Å²) in [6.07, 6.45) is 1.91. The Kier molecular flexibility index (Phi) is 5.73. The van der Waals surface area contributed by atoms with Crippen molar-refractivity contribution in [3.63, 3.8) is 0 Å².